The first-order chi connectivity index (χ1) is 10.1. The van der Waals surface area contributed by atoms with Gasteiger partial charge < -0.3 is 10.6 Å². The first-order valence-corrected chi connectivity index (χ1v) is 8.45. The molecule has 0 aliphatic carbocycles. The number of rotatable bonds is 2. The molecule has 2 N–H and O–H groups in total. The molecular weight excluding hydrogens is 302 g/mol. The summed E-state index contributed by atoms with van der Waals surface area (Å²) in [6.07, 6.45) is 4.00. The van der Waals surface area contributed by atoms with Crippen molar-refractivity contribution in [3.05, 3.63) is 28.8 Å². The van der Waals surface area contributed by atoms with E-state index in [2.05, 4.69) is 22.8 Å². The van der Waals surface area contributed by atoms with E-state index in [9.17, 15) is 0 Å². The van der Waals surface area contributed by atoms with E-state index in [0.29, 0.717) is 22.1 Å². The molecule has 1 aromatic carbocycles. The van der Waals surface area contributed by atoms with E-state index in [1.54, 1.807) is 0 Å². The van der Waals surface area contributed by atoms with Crippen LogP contribution >= 0.6 is 23.8 Å². The van der Waals surface area contributed by atoms with Crippen LogP contribution in [0.2, 0.25) is 5.02 Å². The average molecular weight is 324 g/mol. The molecule has 1 aromatic rings. The number of halogens is 1. The topological polar surface area (TPSA) is 32.5 Å². The van der Waals surface area contributed by atoms with Crippen LogP contribution in [0.4, 0.5) is 5.69 Å². The largest absolute Gasteiger partial charge is 0.389 e. The van der Waals surface area contributed by atoms with Crippen molar-refractivity contribution in [2.75, 3.05) is 24.5 Å². The Labute approximate surface area is 137 Å². The van der Waals surface area contributed by atoms with Crippen molar-refractivity contribution in [1.29, 1.82) is 0 Å². The molecule has 2 fully saturated rings. The van der Waals surface area contributed by atoms with E-state index in [-0.39, 0.29) is 0 Å². The second-order valence-corrected chi connectivity index (χ2v) is 7.02. The summed E-state index contributed by atoms with van der Waals surface area (Å²) >= 11 is 11.3. The van der Waals surface area contributed by atoms with Crippen molar-refractivity contribution in [3.8, 4) is 0 Å². The minimum atomic E-state index is 0.358. The zero-order valence-electron chi connectivity index (χ0n) is 12.4. The highest BCUT2D eigenvalue weighted by Crippen LogP contribution is 2.30. The Morgan fingerprint density at radius 2 is 2.14 bits per heavy atom. The summed E-state index contributed by atoms with van der Waals surface area (Å²) in [4.78, 5) is 5.48. The van der Waals surface area contributed by atoms with Gasteiger partial charge in [-0.25, -0.2) is 0 Å². The number of hydrogen-bond acceptors (Lipinski definition) is 3. The van der Waals surface area contributed by atoms with E-state index in [4.69, 9.17) is 29.6 Å². The van der Waals surface area contributed by atoms with E-state index in [1.165, 1.54) is 31.5 Å². The fourth-order valence-electron chi connectivity index (χ4n) is 3.59. The maximum Gasteiger partial charge on any atom is 0.105 e. The molecule has 3 rings (SSSR count). The maximum absolute atomic E-state index is 6.32. The van der Waals surface area contributed by atoms with Crippen LogP contribution in [0, 0.1) is 0 Å². The first kappa shape index (κ1) is 15.1. The van der Waals surface area contributed by atoms with Crippen LogP contribution in [0.5, 0.6) is 0 Å². The summed E-state index contributed by atoms with van der Waals surface area (Å²) in [6, 6.07) is 7.23. The van der Waals surface area contributed by atoms with Gasteiger partial charge in [0.2, 0.25) is 0 Å². The van der Waals surface area contributed by atoms with E-state index < -0.39 is 0 Å². The molecule has 114 valence electrons. The van der Waals surface area contributed by atoms with Crippen LogP contribution in [0.15, 0.2) is 18.2 Å². The lowest BCUT2D eigenvalue weighted by atomic mass is 9.96. The maximum atomic E-state index is 6.32. The second-order valence-electron chi connectivity index (χ2n) is 6.17. The Hall–Kier alpha value is -0.840. The van der Waals surface area contributed by atoms with Gasteiger partial charge in [0.15, 0.2) is 0 Å². The summed E-state index contributed by atoms with van der Waals surface area (Å²) in [5, 5.41) is 0.651. The summed E-state index contributed by atoms with van der Waals surface area (Å²) in [5.41, 5.74) is 7.63. The van der Waals surface area contributed by atoms with Gasteiger partial charge in [0.25, 0.3) is 0 Å². The van der Waals surface area contributed by atoms with Crippen LogP contribution in [-0.2, 0) is 0 Å². The third-order valence-electron chi connectivity index (χ3n) is 4.74. The van der Waals surface area contributed by atoms with Gasteiger partial charge in [0, 0.05) is 36.4 Å². The molecule has 2 aliphatic heterocycles. The molecule has 0 bridgehead atoms. The van der Waals surface area contributed by atoms with Crippen molar-refractivity contribution < 1.29 is 0 Å². The SMILES string of the molecule is CC1CN2CCCCC2CN1c1ccc(C(N)=S)c(Cl)c1. The van der Waals surface area contributed by atoms with Crippen LogP contribution in [0.25, 0.3) is 0 Å². The van der Waals surface area contributed by atoms with Gasteiger partial charge in [-0.2, -0.15) is 0 Å². The summed E-state index contributed by atoms with van der Waals surface area (Å²) in [6.45, 7) is 5.77. The smallest absolute Gasteiger partial charge is 0.105 e. The fraction of sp³-hybridized carbons (Fsp3) is 0.562. The summed E-state index contributed by atoms with van der Waals surface area (Å²) in [5.74, 6) is 0. The lowest BCUT2D eigenvalue weighted by Crippen LogP contribution is -2.58. The van der Waals surface area contributed by atoms with Crippen molar-refractivity contribution in [2.24, 2.45) is 5.73 Å². The standard InChI is InChI=1S/C16H22ClN3S/c1-11-9-19-7-3-2-4-13(19)10-20(11)12-5-6-14(16(18)21)15(17)8-12/h5-6,8,11,13H,2-4,7,9-10H2,1H3,(H2,18,21). The van der Waals surface area contributed by atoms with Crippen molar-refractivity contribution in [1.82, 2.24) is 4.90 Å². The molecule has 2 heterocycles. The number of fused-ring (bicyclic) bond motifs is 1. The molecule has 0 spiro atoms. The van der Waals surface area contributed by atoms with Gasteiger partial charge in [0.1, 0.15) is 4.99 Å². The van der Waals surface area contributed by atoms with Gasteiger partial charge in [-0.15, -0.1) is 0 Å². The van der Waals surface area contributed by atoms with E-state index in [1.807, 2.05) is 12.1 Å². The predicted octanol–water partition coefficient (Wildman–Crippen LogP) is 3.04. The number of benzene rings is 1. The van der Waals surface area contributed by atoms with Gasteiger partial charge in [-0.05, 0) is 44.5 Å². The Bertz CT molecular complexity index is 548. The highest BCUT2D eigenvalue weighted by molar-refractivity contribution is 7.80. The Kier molecular flexibility index (Phi) is 4.38. The average Bonchev–Trinajstić information content (AvgIpc) is 2.46. The molecule has 3 nitrogen and oxygen atoms in total. The number of anilines is 1. The highest BCUT2D eigenvalue weighted by atomic mass is 35.5. The normalized spacial score (nSPS) is 26.5. The molecule has 2 unspecified atom stereocenters. The lowest BCUT2D eigenvalue weighted by Gasteiger charge is -2.48. The van der Waals surface area contributed by atoms with Gasteiger partial charge in [-0.1, -0.05) is 30.2 Å². The van der Waals surface area contributed by atoms with Crippen LogP contribution in [0.1, 0.15) is 31.7 Å². The molecule has 0 amide bonds. The molecular formula is C16H22ClN3S. The third kappa shape index (κ3) is 3.03. The van der Waals surface area contributed by atoms with Gasteiger partial charge in [0.05, 0.1) is 5.02 Å². The highest BCUT2D eigenvalue weighted by Gasteiger charge is 2.33. The first-order valence-electron chi connectivity index (χ1n) is 7.66. The predicted molar refractivity (Wildman–Crippen MR) is 93.4 cm³/mol. The number of piperazine rings is 1. The van der Waals surface area contributed by atoms with Crippen LogP contribution in [-0.4, -0.2) is 41.6 Å². The minimum Gasteiger partial charge on any atom is -0.389 e. The van der Waals surface area contributed by atoms with E-state index in [0.717, 1.165) is 18.7 Å². The quantitative estimate of drug-likeness (QED) is 0.848. The molecule has 2 atom stereocenters. The molecule has 0 radical (unpaired) electrons. The Balaban J connectivity index is 1.82. The molecule has 2 saturated heterocycles. The molecule has 21 heavy (non-hydrogen) atoms. The third-order valence-corrected chi connectivity index (χ3v) is 5.27. The molecule has 5 heteroatoms. The Morgan fingerprint density at radius 3 is 2.86 bits per heavy atom. The summed E-state index contributed by atoms with van der Waals surface area (Å²) < 4.78 is 0. The molecule has 2 aliphatic rings. The summed E-state index contributed by atoms with van der Waals surface area (Å²) in [7, 11) is 0. The van der Waals surface area contributed by atoms with Gasteiger partial charge >= 0.3 is 0 Å². The number of thiocarbonyl (C=S) groups is 1. The molecule has 0 aromatic heterocycles. The van der Waals surface area contributed by atoms with Crippen molar-refractivity contribution in [3.63, 3.8) is 0 Å². The minimum absolute atomic E-state index is 0.358. The number of nitrogens with two attached hydrogens (primary N) is 1. The zero-order valence-corrected chi connectivity index (χ0v) is 14.0. The monoisotopic (exact) mass is 323 g/mol. The van der Waals surface area contributed by atoms with Crippen LogP contribution in [0.3, 0.4) is 0 Å². The van der Waals surface area contributed by atoms with Crippen molar-refractivity contribution >= 4 is 34.5 Å². The Morgan fingerprint density at radius 1 is 1.33 bits per heavy atom. The number of nitrogens with zero attached hydrogens (tertiary/aromatic N) is 2. The van der Waals surface area contributed by atoms with Crippen molar-refractivity contribution in [2.45, 2.75) is 38.3 Å². The van der Waals surface area contributed by atoms with Crippen LogP contribution < -0.4 is 10.6 Å². The lowest BCUT2D eigenvalue weighted by molar-refractivity contribution is 0.115. The number of piperidine rings is 1. The molecule has 0 saturated carbocycles. The second kappa shape index (κ2) is 6.11. The zero-order chi connectivity index (χ0) is 15.0. The fourth-order valence-corrected chi connectivity index (χ4v) is 4.11. The number of hydrogen-bond donors (Lipinski definition) is 1. The van der Waals surface area contributed by atoms with E-state index >= 15 is 0 Å². The van der Waals surface area contributed by atoms with Gasteiger partial charge in [-0.3, -0.25) is 4.90 Å².